The molecule has 0 atom stereocenters. The number of rotatable bonds is 8. The number of hydrogen-bond acceptors (Lipinski definition) is 4. The molecule has 0 aliphatic carbocycles. The standard InChI is InChI=1S/C35H32Br4O4/c36-29-9-1-5-25(13-29)17-34(18-26-6-2-10-30(37)14-26)40-21-33(22-41-34)23-42-35(43-24-33,19-27-7-3-11-31(38)15-27)20-28-8-4-12-32(39)16-28/h1-16H,17-24H2. The third-order valence-electron chi connectivity index (χ3n) is 8.02. The molecule has 0 unspecified atom stereocenters. The van der Waals surface area contributed by atoms with Gasteiger partial charge >= 0.3 is 0 Å². The van der Waals surface area contributed by atoms with Crippen molar-refractivity contribution >= 4 is 63.7 Å². The lowest BCUT2D eigenvalue weighted by molar-refractivity contribution is -0.366. The molecule has 43 heavy (non-hydrogen) atoms. The molecular formula is C35H32Br4O4. The van der Waals surface area contributed by atoms with Gasteiger partial charge in [0.25, 0.3) is 0 Å². The first-order valence-electron chi connectivity index (χ1n) is 14.3. The summed E-state index contributed by atoms with van der Waals surface area (Å²) in [6, 6.07) is 33.3. The lowest BCUT2D eigenvalue weighted by Crippen LogP contribution is -2.60. The highest BCUT2D eigenvalue weighted by atomic mass is 79.9. The van der Waals surface area contributed by atoms with Gasteiger partial charge in [0, 0.05) is 43.6 Å². The molecule has 2 aliphatic heterocycles. The van der Waals surface area contributed by atoms with Crippen LogP contribution in [0.25, 0.3) is 0 Å². The molecule has 0 bridgehead atoms. The van der Waals surface area contributed by atoms with Crippen LogP contribution in [0.1, 0.15) is 22.3 Å². The van der Waals surface area contributed by atoms with Gasteiger partial charge in [0.15, 0.2) is 11.6 Å². The molecule has 2 saturated heterocycles. The van der Waals surface area contributed by atoms with Gasteiger partial charge in [0.05, 0.1) is 31.8 Å². The van der Waals surface area contributed by atoms with Gasteiger partial charge in [0.2, 0.25) is 0 Å². The van der Waals surface area contributed by atoms with Crippen LogP contribution in [-0.2, 0) is 44.6 Å². The molecule has 2 heterocycles. The third kappa shape index (κ3) is 8.08. The van der Waals surface area contributed by atoms with Gasteiger partial charge < -0.3 is 18.9 Å². The van der Waals surface area contributed by atoms with E-state index in [9.17, 15) is 0 Å². The zero-order valence-corrected chi connectivity index (χ0v) is 29.9. The first-order chi connectivity index (χ1) is 20.7. The van der Waals surface area contributed by atoms with Gasteiger partial charge in [-0.05, 0) is 70.8 Å². The molecule has 0 saturated carbocycles. The van der Waals surface area contributed by atoms with E-state index in [0.717, 1.165) is 40.1 Å². The van der Waals surface area contributed by atoms with Crippen molar-refractivity contribution in [3.8, 4) is 0 Å². The summed E-state index contributed by atoms with van der Waals surface area (Å²) in [4.78, 5) is 0. The normalized spacial score (nSPS) is 18.9. The molecular weight excluding hydrogens is 804 g/mol. The van der Waals surface area contributed by atoms with E-state index in [1.165, 1.54) is 0 Å². The number of benzene rings is 4. The summed E-state index contributed by atoms with van der Waals surface area (Å²) in [6.07, 6.45) is 2.53. The molecule has 2 fully saturated rings. The van der Waals surface area contributed by atoms with Gasteiger partial charge in [-0.25, -0.2) is 0 Å². The minimum absolute atomic E-state index is 0.393. The molecule has 0 amide bonds. The summed E-state index contributed by atoms with van der Waals surface area (Å²) < 4.78 is 31.2. The molecule has 1 spiro atoms. The molecule has 0 radical (unpaired) electrons. The van der Waals surface area contributed by atoms with E-state index in [2.05, 4.69) is 137 Å². The van der Waals surface area contributed by atoms with Crippen molar-refractivity contribution in [3.05, 3.63) is 137 Å². The molecule has 0 aromatic heterocycles. The van der Waals surface area contributed by atoms with Crippen molar-refractivity contribution in [2.24, 2.45) is 5.41 Å². The maximum atomic E-state index is 6.76. The van der Waals surface area contributed by atoms with E-state index in [1.807, 2.05) is 24.3 Å². The number of ether oxygens (including phenoxy) is 4. The van der Waals surface area contributed by atoms with Crippen molar-refractivity contribution in [1.82, 2.24) is 0 Å². The Hall–Kier alpha value is -1.36. The molecule has 8 heteroatoms. The van der Waals surface area contributed by atoms with Crippen molar-refractivity contribution in [2.75, 3.05) is 26.4 Å². The van der Waals surface area contributed by atoms with Gasteiger partial charge in [0.1, 0.15) is 0 Å². The maximum Gasteiger partial charge on any atom is 0.176 e. The summed E-state index contributed by atoms with van der Waals surface area (Å²) in [5.74, 6) is -1.60. The molecule has 4 nitrogen and oxygen atoms in total. The Balaban J connectivity index is 1.21. The number of hydrogen-bond donors (Lipinski definition) is 0. The number of halogens is 4. The van der Waals surface area contributed by atoms with Crippen LogP contribution in [0.15, 0.2) is 115 Å². The Morgan fingerprint density at radius 1 is 0.419 bits per heavy atom. The smallest absolute Gasteiger partial charge is 0.176 e. The van der Waals surface area contributed by atoms with Crippen LogP contribution in [0.4, 0.5) is 0 Å². The second kappa shape index (κ2) is 13.6. The maximum absolute atomic E-state index is 6.76. The monoisotopic (exact) mass is 832 g/mol. The Labute approximate surface area is 287 Å². The van der Waals surface area contributed by atoms with Crippen LogP contribution < -0.4 is 0 Å². The summed E-state index contributed by atoms with van der Waals surface area (Å²) in [7, 11) is 0. The molecule has 4 aromatic rings. The Kier molecular flexibility index (Phi) is 9.97. The largest absolute Gasteiger partial charge is 0.348 e. The summed E-state index contributed by atoms with van der Waals surface area (Å²) in [6.45, 7) is 1.94. The Morgan fingerprint density at radius 2 is 0.674 bits per heavy atom. The summed E-state index contributed by atoms with van der Waals surface area (Å²) >= 11 is 14.5. The fourth-order valence-corrected chi connectivity index (χ4v) is 7.62. The molecule has 2 aliphatic rings. The summed E-state index contributed by atoms with van der Waals surface area (Å²) in [5, 5.41) is 0. The van der Waals surface area contributed by atoms with Crippen molar-refractivity contribution < 1.29 is 18.9 Å². The zero-order valence-electron chi connectivity index (χ0n) is 23.5. The zero-order chi connectivity index (χ0) is 29.9. The van der Waals surface area contributed by atoms with Crippen molar-refractivity contribution in [2.45, 2.75) is 37.3 Å². The highest BCUT2D eigenvalue weighted by molar-refractivity contribution is 9.11. The first-order valence-corrected chi connectivity index (χ1v) is 17.4. The van der Waals surface area contributed by atoms with E-state index >= 15 is 0 Å². The van der Waals surface area contributed by atoms with Crippen LogP contribution in [0.3, 0.4) is 0 Å². The van der Waals surface area contributed by atoms with Gasteiger partial charge in [-0.15, -0.1) is 0 Å². The molecule has 224 valence electrons. The SMILES string of the molecule is Brc1cccc(CC2(Cc3cccc(Br)c3)OCC3(CO2)COC(Cc2cccc(Br)c2)(Cc2cccc(Br)c2)OC3)c1. The molecule has 0 N–H and O–H groups in total. The van der Waals surface area contributed by atoms with Gasteiger partial charge in [-0.1, -0.05) is 112 Å². The average Bonchev–Trinajstić information content (AvgIpc) is 2.97. The van der Waals surface area contributed by atoms with Crippen molar-refractivity contribution in [1.29, 1.82) is 0 Å². The van der Waals surface area contributed by atoms with Crippen LogP contribution in [0.2, 0.25) is 0 Å². The third-order valence-corrected chi connectivity index (χ3v) is 9.99. The second-order valence-corrected chi connectivity index (χ2v) is 15.4. The molecule has 6 rings (SSSR count). The highest BCUT2D eigenvalue weighted by Crippen LogP contribution is 2.41. The fourth-order valence-electron chi connectivity index (χ4n) is 5.84. The van der Waals surface area contributed by atoms with Crippen molar-refractivity contribution in [3.63, 3.8) is 0 Å². The highest BCUT2D eigenvalue weighted by Gasteiger charge is 2.51. The topological polar surface area (TPSA) is 36.9 Å². The predicted octanol–water partition coefficient (Wildman–Crippen LogP) is 9.48. The Morgan fingerprint density at radius 3 is 0.907 bits per heavy atom. The van der Waals surface area contributed by atoms with E-state index in [1.54, 1.807) is 0 Å². The average molecular weight is 836 g/mol. The quantitative estimate of drug-likeness (QED) is 0.177. The van der Waals surface area contributed by atoms with E-state index in [-0.39, 0.29) is 0 Å². The fraction of sp³-hybridized carbons (Fsp3) is 0.314. The summed E-state index contributed by atoms with van der Waals surface area (Å²) in [5.41, 5.74) is 4.21. The second-order valence-electron chi connectivity index (χ2n) is 11.7. The molecule has 4 aromatic carbocycles. The van der Waals surface area contributed by atoms with Gasteiger partial charge in [-0.3, -0.25) is 0 Å². The lowest BCUT2D eigenvalue weighted by Gasteiger charge is -2.51. The van der Waals surface area contributed by atoms with E-state index in [4.69, 9.17) is 18.9 Å². The van der Waals surface area contributed by atoms with E-state index < -0.39 is 17.0 Å². The van der Waals surface area contributed by atoms with Crippen LogP contribution in [0.5, 0.6) is 0 Å². The van der Waals surface area contributed by atoms with Crippen LogP contribution >= 0.6 is 63.7 Å². The van der Waals surface area contributed by atoms with E-state index in [0.29, 0.717) is 52.1 Å². The van der Waals surface area contributed by atoms with Gasteiger partial charge in [-0.2, -0.15) is 0 Å². The first kappa shape index (κ1) is 31.6. The lowest BCUT2D eigenvalue weighted by atomic mass is 9.86. The minimum atomic E-state index is -0.798. The van der Waals surface area contributed by atoms with Crippen LogP contribution in [-0.4, -0.2) is 38.0 Å². The van der Waals surface area contributed by atoms with Crippen LogP contribution in [0, 0.1) is 5.41 Å². The predicted molar refractivity (Wildman–Crippen MR) is 183 cm³/mol. The minimum Gasteiger partial charge on any atom is -0.348 e. The Bertz CT molecular complexity index is 1340.